The summed E-state index contributed by atoms with van der Waals surface area (Å²) in [6, 6.07) is 23.0. The largest absolute Gasteiger partial charge is 0.494 e. The molecule has 0 atom stereocenters. The van der Waals surface area contributed by atoms with Crippen LogP contribution in [0.3, 0.4) is 0 Å². The van der Waals surface area contributed by atoms with Crippen molar-refractivity contribution in [3.05, 3.63) is 95.1 Å². The van der Waals surface area contributed by atoms with Crippen molar-refractivity contribution < 1.29 is 14.6 Å². The molecule has 0 unspecified atom stereocenters. The molecule has 0 saturated carbocycles. The van der Waals surface area contributed by atoms with Crippen molar-refractivity contribution in [2.24, 2.45) is 4.99 Å². The number of carbonyl (C=O) groups excluding carboxylic acids is 1. The summed E-state index contributed by atoms with van der Waals surface area (Å²) in [5, 5.41) is 15.1. The highest BCUT2D eigenvalue weighted by molar-refractivity contribution is 6.22. The summed E-state index contributed by atoms with van der Waals surface area (Å²) >= 11 is 0. The zero-order valence-electron chi connectivity index (χ0n) is 19.5. The Morgan fingerprint density at radius 3 is 2.50 bits per heavy atom. The summed E-state index contributed by atoms with van der Waals surface area (Å²) in [6.07, 6.45) is 2.34. The molecule has 0 aliphatic carbocycles. The van der Waals surface area contributed by atoms with Gasteiger partial charge in [-0.25, -0.2) is 9.79 Å². The number of hydrogen-bond donors (Lipinski definition) is 3. The first kappa shape index (κ1) is 23.3. The van der Waals surface area contributed by atoms with Crippen molar-refractivity contribution in [3.8, 4) is 5.88 Å². The minimum Gasteiger partial charge on any atom is -0.494 e. The van der Waals surface area contributed by atoms with Gasteiger partial charge in [-0.1, -0.05) is 61.9 Å². The summed E-state index contributed by atoms with van der Waals surface area (Å²) in [4.78, 5) is 19.9. The highest BCUT2D eigenvalue weighted by Gasteiger charge is 2.20. The summed E-state index contributed by atoms with van der Waals surface area (Å²) in [6.45, 7) is 4.01. The van der Waals surface area contributed by atoms with E-state index in [1.807, 2.05) is 42.5 Å². The number of methoxy groups -OCH3 is 1. The van der Waals surface area contributed by atoms with Crippen LogP contribution in [0.2, 0.25) is 0 Å². The summed E-state index contributed by atoms with van der Waals surface area (Å²) < 4.78 is 4.82. The van der Waals surface area contributed by atoms with Crippen LogP contribution in [0, 0.1) is 0 Å². The molecule has 0 amide bonds. The van der Waals surface area contributed by atoms with Crippen molar-refractivity contribution >= 4 is 28.3 Å². The van der Waals surface area contributed by atoms with Gasteiger partial charge in [-0.15, -0.1) is 0 Å². The Morgan fingerprint density at radius 2 is 1.79 bits per heavy atom. The Morgan fingerprint density at radius 1 is 1.03 bits per heavy atom. The van der Waals surface area contributed by atoms with E-state index in [0.717, 1.165) is 36.1 Å². The van der Waals surface area contributed by atoms with Gasteiger partial charge in [-0.3, -0.25) is 0 Å². The van der Waals surface area contributed by atoms with Crippen LogP contribution in [0.4, 0.5) is 5.69 Å². The second-order valence-corrected chi connectivity index (χ2v) is 8.12. The fourth-order valence-corrected chi connectivity index (χ4v) is 3.88. The molecule has 1 heterocycles. The number of unbranched alkanes of at least 4 members (excludes halogenated alkanes) is 1. The lowest BCUT2D eigenvalue weighted by atomic mass is 10.00. The number of aromatic amines is 1. The molecular formula is C28H29N3O3. The smallest absolute Gasteiger partial charge is 0.337 e. The zero-order chi connectivity index (χ0) is 23.9. The van der Waals surface area contributed by atoms with Gasteiger partial charge in [-0.2, -0.15) is 0 Å². The van der Waals surface area contributed by atoms with Gasteiger partial charge in [0.2, 0.25) is 0 Å². The van der Waals surface area contributed by atoms with Gasteiger partial charge in [0.05, 0.1) is 29.6 Å². The van der Waals surface area contributed by atoms with Crippen molar-refractivity contribution in [1.82, 2.24) is 10.3 Å². The van der Waals surface area contributed by atoms with Crippen LogP contribution in [0.15, 0.2) is 77.8 Å². The van der Waals surface area contributed by atoms with Crippen LogP contribution in [0.5, 0.6) is 5.88 Å². The van der Waals surface area contributed by atoms with Crippen LogP contribution in [0.1, 0.15) is 46.8 Å². The van der Waals surface area contributed by atoms with E-state index >= 15 is 0 Å². The van der Waals surface area contributed by atoms with E-state index in [2.05, 4.69) is 29.4 Å². The van der Waals surface area contributed by atoms with Crippen LogP contribution >= 0.6 is 0 Å². The summed E-state index contributed by atoms with van der Waals surface area (Å²) in [5.74, 6) is -0.435. The highest BCUT2D eigenvalue weighted by atomic mass is 16.5. The number of carbonyl (C=O) groups is 1. The molecule has 4 rings (SSSR count). The van der Waals surface area contributed by atoms with Crippen LogP contribution < -0.4 is 5.32 Å². The molecule has 3 aromatic carbocycles. The van der Waals surface area contributed by atoms with E-state index in [9.17, 15) is 9.90 Å². The van der Waals surface area contributed by atoms with E-state index in [0.29, 0.717) is 22.4 Å². The number of nitrogens with one attached hydrogen (secondary N) is 2. The van der Waals surface area contributed by atoms with E-state index in [-0.39, 0.29) is 5.88 Å². The van der Waals surface area contributed by atoms with Gasteiger partial charge in [0.25, 0.3) is 0 Å². The molecule has 174 valence electrons. The Hall–Kier alpha value is -3.90. The van der Waals surface area contributed by atoms with Gasteiger partial charge in [0.1, 0.15) is 0 Å². The molecule has 4 aromatic rings. The van der Waals surface area contributed by atoms with Crippen molar-refractivity contribution in [2.45, 2.75) is 26.3 Å². The second-order valence-electron chi connectivity index (χ2n) is 8.12. The molecular weight excluding hydrogens is 426 g/mol. The van der Waals surface area contributed by atoms with Crippen molar-refractivity contribution in [3.63, 3.8) is 0 Å². The fraction of sp³-hybridized carbons (Fsp3) is 0.214. The van der Waals surface area contributed by atoms with Crippen molar-refractivity contribution in [2.75, 3.05) is 13.7 Å². The average Bonchev–Trinajstić information content (AvgIpc) is 3.20. The highest BCUT2D eigenvalue weighted by Crippen LogP contribution is 2.32. The maximum absolute atomic E-state index is 11.9. The maximum Gasteiger partial charge on any atom is 0.337 e. The Balaban J connectivity index is 1.73. The number of esters is 1. The minimum absolute atomic E-state index is 0.00337. The summed E-state index contributed by atoms with van der Waals surface area (Å²) in [7, 11) is 1.34. The Kier molecular flexibility index (Phi) is 7.40. The lowest BCUT2D eigenvalue weighted by molar-refractivity contribution is 0.0601. The number of fused-ring (bicyclic) bond motifs is 1. The molecule has 0 aliphatic heterocycles. The quantitative estimate of drug-likeness (QED) is 0.171. The molecule has 1 aromatic heterocycles. The first-order valence-electron chi connectivity index (χ1n) is 11.5. The minimum atomic E-state index is -0.432. The zero-order valence-corrected chi connectivity index (χ0v) is 19.5. The first-order valence-corrected chi connectivity index (χ1v) is 11.5. The SMILES string of the molecule is CCCCNCc1ccc(N=C(c2ccccc2)c2c(O)[nH]c3cc(C(=O)OC)ccc23)cc1. The molecule has 6 heteroatoms. The molecule has 34 heavy (non-hydrogen) atoms. The van der Waals surface area contributed by atoms with E-state index in [1.54, 1.807) is 18.2 Å². The number of H-pyrrole nitrogens is 1. The van der Waals surface area contributed by atoms with Crippen LogP contribution in [-0.4, -0.2) is 35.4 Å². The standard InChI is InChI=1S/C28H29N3O3/c1-3-4-16-29-18-19-10-13-22(14-11-19)30-26(20-8-6-5-7-9-20)25-23-15-12-21(28(33)34-2)17-24(23)31-27(25)32/h5-15,17,29,31-32H,3-4,16,18H2,1-2H3. The molecule has 0 radical (unpaired) electrons. The number of aliphatic imine (C=N–C) groups is 1. The van der Waals surface area contributed by atoms with Gasteiger partial charge >= 0.3 is 5.97 Å². The fourth-order valence-electron chi connectivity index (χ4n) is 3.88. The predicted octanol–water partition coefficient (Wildman–Crippen LogP) is 5.72. The third-order valence-electron chi connectivity index (χ3n) is 5.70. The van der Waals surface area contributed by atoms with E-state index < -0.39 is 5.97 Å². The molecule has 0 bridgehead atoms. The third-order valence-corrected chi connectivity index (χ3v) is 5.70. The predicted molar refractivity (Wildman–Crippen MR) is 136 cm³/mol. The maximum atomic E-state index is 11.9. The van der Waals surface area contributed by atoms with Gasteiger partial charge in [0.15, 0.2) is 5.88 Å². The molecule has 0 fully saturated rings. The molecule has 0 saturated heterocycles. The number of ether oxygens (including phenoxy) is 1. The molecule has 0 spiro atoms. The number of nitrogens with zero attached hydrogens (tertiary/aromatic N) is 1. The monoisotopic (exact) mass is 455 g/mol. The lowest BCUT2D eigenvalue weighted by Gasteiger charge is -2.09. The number of aromatic nitrogens is 1. The Labute approximate surface area is 199 Å². The van der Waals surface area contributed by atoms with E-state index in [4.69, 9.17) is 9.73 Å². The molecule has 3 N–H and O–H groups in total. The van der Waals surface area contributed by atoms with Gasteiger partial charge in [0, 0.05) is 23.0 Å². The summed E-state index contributed by atoms with van der Waals surface area (Å²) in [5.41, 5.74) is 5.13. The van der Waals surface area contributed by atoms with Gasteiger partial charge in [-0.05, 0) is 42.8 Å². The van der Waals surface area contributed by atoms with Crippen LogP contribution in [0.25, 0.3) is 10.9 Å². The normalized spacial score (nSPS) is 11.6. The topological polar surface area (TPSA) is 86.7 Å². The molecule has 6 nitrogen and oxygen atoms in total. The first-order chi connectivity index (χ1) is 16.6. The third kappa shape index (κ3) is 5.18. The number of benzene rings is 3. The van der Waals surface area contributed by atoms with Crippen molar-refractivity contribution in [1.29, 1.82) is 0 Å². The molecule has 0 aliphatic rings. The van der Waals surface area contributed by atoms with Crippen LogP contribution in [-0.2, 0) is 11.3 Å². The number of hydrogen-bond acceptors (Lipinski definition) is 5. The number of rotatable bonds is 9. The Bertz CT molecular complexity index is 1290. The van der Waals surface area contributed by atoms with Gasteiger partial charge < -0.3 is 20.1 Å². The lowest BCUT2D eigenvalue weighted by Crippen LogP contribution is -2.14. The number of aromatic hydroxyl groups is 1. The second kappa shape index (κ2) is 10.8. The average molecular weight is 456 g/mol. The van der Waals surface area contributed by atoms with E-state index in [1.165, 1.54) is 19.1 Å².